The summed E-state index contributed by atoms with van der Waals surface area (Å²) < 4.78 is 1.88. The summed E-state index contributed by atoms with van der Waals surface area (Å²) in [5.41, 5.74) is 1.37. The van der Waals surface area contributed by atoms with Crippen LogP contribution in [0.15, 0.2) is 29.1 Å². The van der Waals surface area contributed by atoms with Gasteiger partial charge in [0.25, 0.3) is 5.56 Å². The number of hydrogen-bond donors (Lipinski definition) is 3. The zero-order valence-corrected chi connectivity index (χ0v) is 14.6. The molecule has 1 atom stereocenters. The molecule has 3 N–H and O–H groups in total. The minimum Gasteiger partial charge on any atom is -0.508 e. The molecule has 6 nitrogen and oxygen atoms in total. The first kappa shape index (κ1) is 16.3. The van der Waals surface area contributed by atoms with Gasteiger partial charge in [0.1, 0.15) is 11.6 Å². The number of thioether (sulfide) groups is 1. The number of phenols is 1. The molecule has 2 aliphatic rings. The molecule has 132 valence electrons. The third-order valence-electron chi connectivity index (χ3n) is 5.00. The maximum Gasteiger partial charge on any atom is 0.270 e. The monoisotopic (exact) mass is 359 g/mol. The predicted molar refractivity (Wildman–Crippen MR) is 98.2 cm³/mol. The number of carbonyl (C=O) groups excluding carboxylic acids is 1. The number of aromatic hydroxyl groups is 1. The van der Waals surface area contributed by atoms with E-state index >= 15 is 0 Å². The van der Waals surface area contributed by atoms with Crippen molar-refractivity contribution in [3.63, 3.8) is 0 Å². The number of phenolic OH excluding ortho intramolecular Hbond substituents is 1. The van der Waals surface area contributed by atoms with Crippen LogP contribution in [0.2, 0.25) is 0 Å². The molecule has 1 aliphatic carbocycles. The lowest BCUT2D eigenvalue weighted by Gasteiger charge is -2.24. The van der Waals surface area contributed by atoms with E-state index in [-0.39, 0.29) is 28.5 Å². The van der Waals surface area contributed by atoms with Crippen LogP contribution >= 0.6 is 11.8 Å². The normalized spacial score (nSPS) is 21.4. The quantitative estimate of drug-likeness (QED) is 0.769. The van der Waals surface area contributed by atoms with Gasteiger partial charge in [-0.05, 0) is 30.5 Å². The van der Waals surface area contributed by atoms with Crippen molar-refractivity contribution in [2.45, 2.75) is 43.4 Å². The summed E-state index contributed by atoms with van der Waals surface area (Å²) in [6.07, 6.45) is 5.55. The van der Waals surface area contributed by atoms with E-state index in [9.17, 15) is 14.7 Å². The van der Waals surface area contributed by atoms with E-state index in [0.717, 1.165) is 31.2 Å². The highest BCUT2D eigenvalue weighted by molar-refractivity contribution is 8.00. The first-order chi connectivity index (χ1) is 12.1. The summed E-state index contributed by atoms with van der Waals surface area (Å²) in [5.74, 6) is 1.01. The molecule has 7 heteroatoms. The van der Waals surface area contributed by atoms with Crippen molar-refractivity contribution in [1.82, 2.24) is 9.78 Å². The molecule has 0 bridgehead atoms. The summed E-state index contributed by atoms with van der Waals surface area (Å²) in [4.78, 5) is 25.0. The Kier molecular flexibility index (Phi) is 4.33. The molecule has 1 aromatic heterocycles. The van der Waals surface area contributed by atoms with Gasteiger partial charge in [-0.2, -0.15) is 0 Å². The van der Waals surface area contributed by atoms with Crippen molar-refractivity contribution in [3.05, 3.63) is 45.7 Å². The second kappa shape index (κ2) is 6.63. The number of fused-ring (bicyclic) bond motifs is 1. The Morgan fingerprint density at radius 2 is 1.80 bits per heavy atom. The van der Waals surface area contributed by atoms with Gasteiger partial charge in [0.2, 0.25) is 5.91 Å². The zero-order valence-electron chi connectivity index (χ0n) is 13.8. The van der Waals surface area contributed by atoms with Crippen LogP contribution in [0.4, 0.5) is 5.82 Å². The highest BCUT2D eigenvalue weighted by atomic mass is 32.2. The Hall–Kier alpha value is -2.15. The van der Waals surface area contributed by atoms with E-state index in [0.29, 0.717) is 17.1 Å². The summed E-state index contributed by atoms with van der Waals surface area (Å²) >= 11 is 1.44. The van der Waals surface area contributed by atoms with Crippen LogP contribution in [0.3, 0.4) is 0 Å². The Bertz CT molecular complexity index is 834. The maximum atomic E-state index is 12.7. The number of nitrogens with zero attached hydrogens (tertiary/aromatic N) is 1. The van der Waals surface area contributed by atoms with Gasteiger partial charge < -0.3 is 10.4 Å². The minimum atomic E-state index is -0.233. The molecule has 0 unspecified atom stereocenters. The van der Waals surface area contributed by atoms with E-state index in [1.165, 1.54) is 18.2 Å². The van der Waals surface area contributed by atoms with Crippen LogP contribution in [0, 0.1) is 0 Å². The summed E-state index contributed by atoms with van der Waals surface area (Å²) in [6.45, 7) is 0. The highest BCUT2D eigenvalue weighted by Gasteiger charge is 2.32. The Morgan fingerprint density at radius 1 is 1.08 bits per heavy atom. The highest BCUT2D eigenvalue weighted by Crippen LogP contribution is 2.41. The molecule has 1 saturated carbocycles. The van der Waals surface area contributed by atoms with Gasteiger partial charge >= 0.3 is 0 Å². The van der Waals surface area contributed by atoms with Gasteiger partial charge in [0, 0.05) is 0 Å². The fourth-order valence-electron chi connectivity index (χ4n) is 3.77. The largest absolute Gasteiger partial charge is 0.508 e. The number of benzene rings is 1. The second-order valence-electron chi connectivity index (χ2n) is 6.70. The van der Waals surface area contributed by atoms with Gasteiger partial charge in [-0.3, -0.25) is 19.4 Å². The first-order valence-corrected chi connectivity index (χ1v) is 9.73. The van der Waals surface area contributed by atoms with Crippen molar-refractivity contribution in [1.29, 1.82) is 0 Å². The Morgan fingerprint density at radius 3 is 2.52 bits per heavy atom. The molecule has 0 radical (unpaired) electrons. The van der Waals surface area contributed by atoms with Crippen molar-refractivity contribution in [3.8, 4) is 5.75 Å². The number of hydrogen-bond acceptors (Lipinski definition) is 4. The fourth-order valence-corrected chi connectivity index (χ4v) is 4.89. The third-order valence-corrected chi connectivity index (χ3v) is 6.27. The van der Waals surface area contributed by atoms with Crippen LogP contribution in [0.1, 0.15) is 54.5 Å². The molecule has 0 spiro atoms. The van der Waals surface area contributed by atoms with Gasteiger partial charge in [0.05, 0.1) is 22.6 Å². The smallest absolute Gasteiger partial charge is 0.270 e. The van der Waals surface area contributed by atoms with Crippen molar-refractivity contribution in [2.24, 2.45) is 0 Å². The zero-order chi connectivity index (χ0) is 17.4. The van der Waals surface area contributed by atoms with E-state index in [2.05, 4.69) is 10.4 Å². The van der Waals surface area contributed by atoms with Crippen LogP contribution < -0.4 is 10.9 Å². The van der Waals surface area contributed by atoms with Gasteiger partial charge in [-0.15, -0.1) is 11.8 Å². The first-order valence-electron chi connectivity index (χ1n) is 8.68. The van der Waals surface area contributed by atoms with Crippen LogP contribution in [0.5, 0.6) is 5.75 Å². The SMILES string of the molecule is O=C1CS[C@@H](c2ccc(O)cc2)c2c(n(C3CCCCC3)[nH]c2=O)N1. The lowest BCUT2D eigenvalue weighted by Crippen LogP contribution is -2.21. The number of anilines is 1. The number of nitrogens with one attached hydrogen (secondary N) is 2. The Balaban J connectivity index is 1.81. The third kappa shape index (κ3) is 3.08. The number of rotatable bonds is 2. The van der Waals surface area contributed by atoms with Crippen LogP contribution in [-0.2, 0) is 4.79 Å². The molecular weight excluding hydrogens is 338 g/mol. The molecular formula is C18H21N3O3S. The second-order valence-corrected chi connectivity index (χ2v) is 7.79. The minimum absolute atomic E-state index is 0.0870. The maximum absolute atomic E-state index is 12.7. The number of aromatic nitrogens is 2. The van der Waals surface area contributed by atoms with Gasteiger partial charge in [0.15, 0.2) is 0 Å². The molecule has 1 amide bonds. The van der Waals surface area contributed by atoms with E-state index in [4.69, 9.17) is 0 Å². The molecule has 25 heavy (non-hydrogen) atoms. The molecule has 0 saturated heterocycles. The van der Waals surface area contributed by atoms with Crippen molar-refractivity contribution >= 4 is 23.5 Å². The Labute approximate surface area is 149 Å². The number of amides is 1. The molecule has 1 aliphatic heterocycles. The fraction of sp³-hybridized carbons (Fsp3) is 0.444. The van der Waals surface area contributed by atoms with Crippen LogP contribution in [-0.4, -0.2) is 26.5 Å². The summed E-state index contributed by atoms with van der Waals surface area (Å²) in [5, 5.41) is 15.2. The lowest BCUT2D eigenvalue weighted by atomic mass is 9.95. The molecule has 2 heterocycles. The summed E-state index contributed by atoms with van der Waals surface area (Å²) in [7, 11) is 0. The van der Waals surface area contributed by atoms with E-state index in [1.54, 1.807) is 12.1 Å². The average Bonchev–Trinajstić information content (AvgIpc) is 2.83. The molecule has 2 aromatic rings. The standard InChI is InChI=1S/C18H21N3O3S/c22-13-8-6-11(7-9-13)16-15-17(19-14(23)10-25-16)21(20-18(15)24)12-4-2-1-3-5-12/h6-9,12,16,22H,1-5,10H2,(H,19,23)(H,20,24)/t16-/m0/s1. The molecule has 4 rings (SSSR count). The molecule has 1 aromatic carbocycles. The van der Waals surface area contributed by atoms with E-state index < -0.39 is 0 Å². The van der Waals surface area contributed by atoms with Gasteiger partial charge in [-0.1, -0.05) is 31.4 Å². The lowest BCUT2D eigenvalue weighted by molar-refractivity contribution is -0.113. The molecule has 1 fully saturated rings. The van der Waals surface area contributed by atoms with Crippen molar-refractivity contribution in [2.75, 3.05) is 11.1 Å². The number of aromatic amines is 1. The van der Waals surface area contributed by atoms with Crippen LogP contribution in [0.25, 0.3) is 0 Å². The predicted octanol–water partition coefficient (Wildman–Crippen LogP) is 3.16. The van der Waals surface area contributed by atoms with E-state index in [1.807, 2.05) is 16.8 Å². The summed E-state index contributed by atoms with van der Waals surface area (Å²) in [6, 6.07) is 7.08. The topological polar surface area (TPSA) is 87.1 Å². The van der Waals surface area contributed by atoms with Crippen molar-refractivity contribution < 1.29 is 9.90 Å². The average molecular weight is 359 g/mol. The number of carbonyl (C=O) groups is 1. The number of H-pyrrole nitrogens is 1. The van der Waals surface area contributed by atoms with Gasteiger partial charge in [-0.25, -0.2) is 0 Å².